The lowest BCUT2D eigenvalue weighted by Crippen LogP contribution is -2.58. The number of nitrogens with zero attached hydrogens (tertiary/aromatic N) is 1. The summed E-state index contributed by atoms with van der Waals surface area (Å²) in [5, 5.41) is 5.99. The third-order valence-corrected chi connectivity index (χ3v) is 10.2. The zero-order valence-corrected chi connectivity index (χ0v) is 25.5. The molecule has 1 aliphatic heterocycles. The maximum Gasteiger partial charge on any atom is 0.243 e. The van der Waals surface area contributed by atoms with Gasteiger partial charge < -0.3 is 16.4 Å². The molecule has 0 spiro atoms. The van der Waals surface area contributed by atoms with Crippen LogP contribution in [0.1, 0.15) is 36.0 Å². The van der Waals surface area contributed by atoms with E-state index in [1.807, 2.05) is 6.92 Å². The van der Waals surface area contributed by atoms with Crippen LogP contribution in [0.4, 0.5) is 18.9 Å². The van der Waals surface area contributed by atoms with Gasteiger partial charge in [0.05, 0.1) is 10.9 Å². The topological polar surface area (TPSA) is 105 Å². The van der Waals surface area contributed by atoms with Crippen molar-refractivity contribution in [3.63, 3.8) is 0 Å². The fraction of sp³-hybridized carbons (Fsp3) is 0.265. The Bertz CT molecular complexity index is 1710. The Hall–Kier alpha value is -4.03. The van der Waals surface area contributed by atoms with Crippen LogP contribution in [0.3, 0.4) is 0 Å². The average molecular weight is 637 g/mol. The molecule has 4 aromatic carbocycles. The number of nitrogens with two attached hydrogens (primary N) is 1. The lowest BCUT2D eigenvalue weighted by molar-refractivity contribution is -0.117. The van der Waals surface area contributed by atoms with E-state index in [4.69, 9.17) is 5.73 Å². The maximum atomic E-state index is 15.3. The molecule has 0 aromatic heterocycles. The molecule has 45 heavy (non-hydrogen) atoms. The van der Waals surface area contributed by atoms with E-state index in [1.165, 1.54) is 52.8 Å². The van der Waals surface area contributed by atoms with Crippen molar-refractivity contribution < 1.29 is 26.4 Å². The smallest absolute Gasteiger partial charge is 0.243 e. The van der Waals surface area contributed by atoms with E-state index in [0.717, 1.165) is 0 Å². The molecule has 1 heterocycles. The highest BCUT2D eigenvalue weighted by molar-refractivity contribution is 7.89. The van der Waals surface area contributed by atoms with E-state index in [2.05, 4.69) is 10.6 Å². The Morgan fingerprint density at radius 3 is 2.16 bits per heavy atom. The summed E-state index contributed by atoms with van der Waals surface area (Å²) in [5.74, 6) is -3.23. The van der Waals surface area contributed by atoms with Crippen LogP contribution >= 0.6 is 0 Å². The van der Waals surface area contributed by atoms with Gasteiger partial charge in [-0.05, 0) is 79.4 Å². The number of benzene rings is 4. The molecule has 1 fully saturated rings. The van der Waals surface area contributed by atoms with Crippen LogP contribution < -0.4 is 16.4 Å². The second-order valence-corrected chi connectivity index (χ2v) is 13.1. The number of nitrogens with one attached hydrogen (secondary N) is 2. The Balaban J connectivity index is 1.39. The minimum absolute atomic E-state index is 0.120. The van der Waals surface area contributed by atoms with Crippen molar-refractivity contribution in [3.05, 3.63) is 131 Å². The molecule has 4 aromatic rings. The van der Waals surface area contributed by atoms with Crippen LogP contribution in [-0.2, 0) is 21.2 Å². The molecule has 1 aliphatic rings. The number of carbonyl (C=O) groups is 1. The average Bonchev–Trinajstić information content (AvgIpc) is 3.01. The largest absolute Gasteiger partial charge is 0.324 e. The van der Waals surface area contributed by atoms with Gasteiger partial charge in [-0.25, -0.2) is 21.6 Å². The molecular formula is C34H35F3N4O3S. The lowest BCUT2D eigenvalue weighted by atomic mass is 9.84. The molecule has 0 radical (unpaired) electrons. The third kappa shape index (κ3) is 7.28. The number of piperazine rings is 1. The van der Waals surface area contributed by atoms with Crippen molar-refractivity contribution in [1.82, 2.24) is 9.62 Å². The highest BCUT2D eigenvalue weighted by atomic mass is 32.2. The van der Waals surface area contributed by atoms with E-state index in [-0.39, 0.29) is 35.0 Å². The van der Waals surface area contributed by atoms with Crippen molar-refractivity contribution in [2.24, 2.45) is 5.73 Å². The molecule has 5 rings (SSSR count). The number of halogens is 3. The number of sulfonamides is 1. The summed E-state index contributed by atoms with van der Waals surface area (Å²) in [4.78, 5) is 13.8. The van der Waals surface area contributed by atoms with Crippen LogP contribution in [0, 0.1) is 17.5 Å². The zero-order valence-electron chi connectivity index (χ0n) is 24.7. The van der Waals surface area contributed by atoms with Crippen molar-refractivity contribution in [2.75, 3.05) is 18.4 Å². The molecule has 3 atom stereocenters. The fourth-order valence-corrected chi connectivity index (χ4v) is 7.86. The first-order valence-corrected chi connectivity index (χ1v) is 16.1. The van der Waals surface area contributed by atoms with Gasteiger partial charge in [-0.15, -0.1) is 0 Å². The lowest BCUT2D eigenvalue weighted by Gasteiger charge is -2.40. The van der Waals surface area contributed by atoms with Gasteiger partial charge in [0.15, 0.2) is 0 Å². The van der Waals surface area contributed by atoms with Crippen LogP contribution in [0.25, 0.3) is 0 Å². The number of amides is 1. The summed E-state index contributed by atoms with van der Waals surface area (Å²) in [7, 11) is -3.82. The van der Waals surface area contributed by atoms with E-state index < -0.39 is 51.4 Å². The quantitative estimate of drug-likeness (QED) is 0.223. The Morgan fingerprint density at radius 1 is 0.911 bits per heavy atom. The fourth-order valence-electron chi connectivity index (χ4n) is 5.99. The molecule has 3 unspecified atom stereocenters. The predicted octanol–water partition coefficient (Wildman–Crippen LogP) is 5.19. The van der Waals surface area contributed by atoms with Crippen LogP contribution in [0.15, 0.2) is 102 Å². The molecule has 11 heteroatoms. The summed E-state index contributed by atoms with van der Waals surface area (Å²) < 4.78 is 72.4. The number of carbonyl (C=O) groups excluding carboxylic acids is 1. The predicted molar refractivity (Wildman–Crippen MR) is 168 cm³/mol. The Kier molecular flexibility index (Phi) is 10.0. The summed E-state index contributed by atoms with van der Waals surface area (Å²) in [6.07, 6.45) is 0.392. The second-order valence-electron chi connectivity index (χ2n) is 11.2. The number of rotatable bonds is 10. The number of anilines is 1. The molecule has 0 aliphatic carbocycles. The first-order chi connectivity index (χ1) is 21.6. The normalized spacial score (nSPS) is 18.1. The van der Waals surface area contributed by atoms with Crippen molar-refractivity contribution >= 4 is 21.6 Å². The highest BCUT2D eigenvalue weighted by Gasteiger charge is 2.38. The van der Waals surface area contributed by atoms with E-state index in [1.54, 1.807) is 48.5 Å². The first kappa shape index (κ1) is 32.4. The third-order valence-electron chi connectivity index (χ3n) is 8.11. The van der Waals surface area contributed by atoms with Gasteiger partial charge in [-0.2, -0.15) is 4.31 Å². The standard InChI is InChI=1S/C34H35F3N4O3S/c1-22-20-39-21-27(41(22)45(43,44)28-12-3-2-4-13-28)16-17-29-30(37)14-7-15-31(29)40-34(42)33(38)32(23-8-5-10-25(35)18-23)24-9-6-11-26(36)19-24/h2-15,18-19,22,27,32-33,39H,16-17,20-21,38H2,1H3,(H,40,42). The van der Waals surface area contributed by atoms with Crippen molar-refractivity contribution in [2.45, 2.75) is 48.7 Å². The maximum absolute atomic E-state index is 15.3. The molecule has 1 amide bonds. The monoisotopic (exact) mass is 636 g/mol. The SMILES string of the molecule is CC1CNCC(CCc2c(F)cccc2NC(=O)C(N)C(c2cccc(F)c2)c2cccc(F)c2)N1S(=O)(=O)c1ccccc1. The molecule has 0 bridgehead atoms. The Labute approximate surface area is 261 Å². The van der Waals surface area contributed by atoms with Gasteiger partial charge in [0.2, 0.25) is 15.9 Å². The van der Waals surface area contributed by atoms with Crippen LogP contribution in [0.5, 0.6) is 0 Å². The zero-order chi connectivity index (χ0) is 32.1. The molecular weight excluding hydrogens is 601 g/mol. The van der Waals surface area contributed by atoms with Crippen molar-refractivity contribution in [1.29, 1.82) is 0 Å². The van der Waals surface area contributed by atoms with Crippen molar-refractivity contribution in [3.8, 4) is 0 Å². The van der Waals surface area contributed by atoms with Gasteiger partial charge in [-0.3, -0.25) is 4.79 Å². The molecule has 0 saturated carbocycles. The molecule has 7 nitrogen and oxygen atoms in total. The summed E-state index contributed by atoms with van der Waals surface area (Å²) in [6, 6.07) is 21.5. The minimum atomic E-state index is -3.82. The van der Waals surface area contributed by atoms with Crippen LogP contribution in [0.2, 0.25) is 0 Å². The van der Waals surface area contributed by atoms with Gasteiger partial charge >= 0.3 is 0 Å². The van der Waals surface area contributed by atoms with E-state index in [0.29, 0.717) is 24.2 Å². The number of hydrogen-bond acceptors (Lipinski definition) is 5. The Morgan fingerprint density at radius 2 is 1.53 bits per heavy atom. The summed E-state index contributed by atoms with van der Waals surface area (Å²) >= 11 is 0. The van der Waals surface area contributed by atoms with Gasteiger partial charge in [0.1, 0.15) is 17.5 Å². The highest BCUT2D eigenvalue weighted by Crippen LogP contribution is 2.31. The minimum Gasteiger partial charge on any atom is -0.324 e. The van der Waals surface area contributed by atoms with Gasteiger partial charge in [0.25, 0.3) is 0 Å². The van der Waals surface area contributed by atoms with E-state index >= 15 is 4.39 Å². The molecule has 236 valence electrons. The summed E-state index contributed by atoms with van der Waals surface area (Å²) in [6.45, 7) is 2.67. The molecule has 4 N–H and O–H groups in total. The van der Waals surface area contributed by atoms with E-state index in [9.17, 15) is 22.0 Å². The number of hydrogen-bond donors (Lipinski definition) is 3. The first-order valence-electron chi connectivity index (χ1n) is 14.7. The second kappa shape index (κ2) is 13.9. The summed E-state index contributed by atoms with van der Waals surface area (Å²) in [5.41, 5.74) is 7.59. The molecule has 1 saturated heterocycles. The van der Waals surface area contributed by atoms with Gasteiger partial charge in [0, 0.05) is 42.3 Å². The van der Waals surface area contributed by atoms with Gasteiger partial charge in [-0.1, -0.05) is 48.5 Å². The van der Waals surface area contributed by atoms with Crippen LogP contribution in [-0.4, -0.2) is 49.8 Å².